The van der Waals surface area contributed by atoms with E-state index in [2.05, 4.69) is 10.6 Å². The van der Waals surface area contributed by atoms with E-state index in [1.165, 1.54) is 18.2 Å². The number of hydrogen-bond donors (Lipinski definition) is 3. The molecule has 0 aromatic heterocycles. The van der Waals surface area contributed by atoms with Crippen molar-refractivity contribution < 1.29 is 14.7 Å². The van der Waals surface area contributed by atoms with Gasteiger partial charge < -0.3 is 15.7 Å². The van der Waals surface area contributed by atoms with E-state index in [0.717, 1.165) is 0 Å². The number of hydrogen-bond acceptors (Lipinski definition) is 3. The number of carbonyl (C=O) groups is 2. The molecule has 1 rings (SSSR count). The smallest absolute Gasteiger partial charge is 0.252 e. The zero-order valence-corrected chi connectivity index (χ0v) is 12.6. The maximum Gasteiger partial charge on any atom is 0.252 e. The molecule has 1 atom stereocenters. The molecule has 5 nitrogen and oxygen atoms in total. The third kappa shape index (κ3) is 4.57. The van der Waals surface area contributed by atoms with Gasteiger partial charge in [0.05, 0.1) is 0 Å². The molecular formula is C15H22N2O3. The molecule has 110 valence electrons. The standard InChI is InChI=1S/C15H22N2O3/c1-9-8-11(18)6-7-12(9)14(20)16-10(2)13(19)17-15(3,4)5/h6-8,10,18H,1-5H3,(H,16,20)(H,17,19). The Bertz CT molecular complexity index is 518. The van der Waals surface area contributed by atoms with Crippen molar-refractivity contribution in [3.05, 3.63) is 29.3 Å². The molecule has 1 unspecified atom stereocenters. The normalized spacial score (nSPS) is 12.7. The maximum absolute atomic E-state index is 12.1. The minimum atomic E-state index is -0.630. The minimum Gasteiger partial charge on any atom is -0.508 e. The molecule has 1 aromatic rings. The highest BCUT2D eigenvalue weighted by Gasteiger charge is 2.21. The summed E-state index contributed by atoms with van der Waals surface area (Å²) in [5.41, 5.74) is 0.758. The van der Waals surface area contributed by atoms with Crippen molar-refractivity contribution in [3.63, 3.8) is 0 Å². The zero-order chi connectivity index (χ0) is 15.5. The van der Waals surface area contributed by atoms with Gasteiger partial charge in [-0.15, -0.1) is 0 Å². The van der Waals surface area contributed by atoms with E-state index in [9.17, 15) is 14.7 Å². The van der Waals surface area contributed by atoms with Crippen LogP contribution in [0.3, 0.4) is 0 Å². The number of aromatic hydroxyl groups is 1. The summed E-state index contributed by atoms with van der Waals surface area (Å²) in [5, 5.41) is 14.8. The molecule has 3 N–H and O–H groups in total. The lowest BCUT2D eigenvalue weighted by Gasteiger charge is -2.23. The SMILES string of the molecule is Cc1cc(O)ccc1C(=O)NC(C)C(=O)NC(C)(C)C. The van der Waals surface area contributed by atoms with Gasteiger partial charge in [-0.3, -0.25) is 9.59 Å². The third-order valence-electron chi connectivity index (χ3n) is 2.69. The summed E-state index contributed by atoms with van der Waals surface area (Å²) in [6, 6.07) is 3.86. The van der Waals surface area contributed by atoms with Crippen molar-refractivity contribution in [1.29, 1.82) is 0 Å². The first-order chi connectivity index (χ1) is 9.10. The second-order valence-electron chi connectivity index (χ2n) is 5.93. The summed E-state index contributed by atoms with van der Waals surface area (Å²) in [6.07, 6.45) is 0. The fourth-order valence-electron chi connectivity index (χ4n) is 1.72. The fourth-order valence-corrected chi connectivity index (χ4v) is 1.72. The number of amides is 2. The van der Waals surface area contributed by atoms with E-state index in [4.69, 9.17) is 0 Å². The van der Waals surface area contributed by atoms with Gasteiger partial charge in [0.2, 0.25) is 5.91 Å². The van der Waals surface area contributed by atoms with Gasteiger partial charge in [0.25, 0.3) is 5.91 Å². The maximum atomic E-state index is 12.1. The summed E-state index contributed by atoms with van der Waals surface area (Å²) in [6.45, 7) is 9.00. The number of benzene rings is 1. The van der Waals surface area contributed by atoms with Crippen LogP contribution in [-0.4, -0.2) is 28.5 Å². The Balaban J connectivity index is 2.73. The van der Waals surface area contributed by atoms with Crippen molar-refractivity contribution in [2.45, 2.75) is 46.2 Å². The number of nitrogens with one attached hydrogen (secondary N) is 2. The van der Waals surface area contributed by atoms with Crippen LogP contribution >= 0.6 is 0 Å². The number of phenolic OH excluding ortho intramolecular Hbond substituents is 1. The molecule has 0 fully saturated rings. The molecule has 2 amide bonds. The van der Waals surface area contributed by atoms with Crippen molar-refractivity contribution in [1.82, 2.24) is 10.6 Å². The summed E-state index contributed by atoms with van der Waals surface area (Å²) < 4.78 is 0. The van der Waals surface area contributed by atoms with E-state index in [1.807, 2.05) is 20.8 Å². The van der Waals surface area contributed by atoms with E-state index in [0.29, 0.717) is 11.1 Å². The molecule has 0 aliphatic carbocycles. The Kier molecular flexibility index (Phi) is 4.76. The summed E-state index contributed by atoms with van der Waals surface area (Å²) >= 11 is 0. The molecule has 0 spiro atoms. The monoisotopic (exact) mass is 278 g/mol. The molecule has 0 aliphatic heterocycles. The van der Waals surface area contributed by atoms with Gasteiger partial charge in [0, 0.05) is 11.1 Å². The van der Waals surface area contributed by atoms with Crippen LogP contribution < -0.4 is 10.6 Å². The summed E-state index contributed by atoms with van der Waals surface area (Å²) in [4.78, 5) is 24.0. The number of phenols is 1. The van der Waals surface area contributed by atoms with Gasteiger partial charge in [0.15, 0.2) is 0 Å². The van der Waals surface area contributed by atoms with Gasteiger partial charge in [0.1, 0.15) is 11.8 Å². The molecule has 1 aromatic carbocycles. The van der Waals surface area contributed by atoms with Crippen LogP contribution in [0.5, 0.6) is 5.75 Å². The Morgan fingerprint density at radius 3 is 2.35 bits per heavy atom. The van der Waals surface area contributed by atoms with Gasteiger partial charge in [-0.2, -0.15) is 0 Å². The molecule has 0 bridgehead atoms. The summed E-state index contributed by atoms with van der Waals surface area (Å²) in [5.74, 6) is -0.459. The second kappa shape index (κ2) is 5.94. The molecule has 20 heavy (non-hydrogen) atoms. The quantitative estimate of drug-likeness (QED) is 0.788. The van der Waals surface area contributed by atoms with Crippen LogP contribution in [0.2, 0.25) is 0 Å². The average molecular weight is 278 g/mol. The van der Waals surface area contributed by atoms with Crippen LogP contribution in [0, 0.1) is 6.92 Å². The third-order valence-corrected chi connectivity index (χ3v) is 2.69. The first kappa shape index (κ1) is 16.0. The Morgan fingerprint density at radius 2 is 1.85 bits per heavy atom. The fraction of sp³-hybridized carbons (Fsp3) is 0.467. The second-order valence-corrected chi connectivity index (χ2v) is 5.93. The van der Waals surface area contributed by atoms with Crippen molar-refractivity contribution in [3.8, 4) is 5.75 Å². The Labute approximate surface area is 119 Å². The van der Waals surface area contributed by atoms with Gasteiger partial charge in [-0.25, -0.2) is 0 Å². The number of aryl methyl sites for hydroxylation is 1. The van der Waals surface area contributed by atoms with E-state index in [-0.39, 0.29) is 23.1 Å². The van der Waals surface area contributed by atoms with Crippen LogP contribution in [-0.2, 0) is 4.79 Å². The lowest BCUT2D eigenvalue weighted by molar-refractivity contribution is -0.124. The topological polar surface area (TPSA) is 78.4 Å². The van der Waals surface area contributed by atoms with Crippen LogP contribution in [0.4, 0.5) is 0 Å². The number of rotatable bonds is 3. The first-order valence-corrected chi connectivity index (χ1v) is 6.52. The molecule has 0 saturated carbocycles. The highest BCUT2D eigenvalue weighted by molar-refractivity contribution is 5.98. The van der Waals surface area contributed by atoms with Gasteiger partial charge >= 0.3 is 0 Å². The molecule has 0 radical (unpaired) electrons. The predicted octanol–water partition coefficient (Wildman–Crippen LogP) is 1.73. The average Bonchev–Trinajstić information content (AvgIpc) is 2.26. The van der Waals surface area contributed by atoms with E-state index in [1.54, 1.807) is 13.8 Å². The van der Waals surface area contributed by atoms with E-state index < -0.39 is 6.04 Å². The molecule has 0 heterocycles. The Hall–Kier alpha value is -2.04. The van der Waals surface area contributed by atoms with Gasteiger partial charge in [-0.05, 0) is 58.4 Å². The molecule has 5 heteroatoms. The van der Waals surface area contributed by atoms with Crippen LogP contribution in [0.25, 0.3) is 0 Å². The number of carbonyl (C=O) groups excluding carboxylic acids is 2. The molecule has 0 aliphatic rings. The van der Waals surface area contributed by atoms with Crippen molar-refractivity contribution in [2.24, 2.45) is 0 Å². The Morgan fingerprint density at radius 1 is 1.25 bits per heavy atom. The van der Waals surface area contributed by atoms with Crippen LogP contribution in [0.1, 0.15) is 43.6 Å². The zero-order valence-electron chi connectivity index (χ0n) is 12.6. The summed E-state index contributed by atoms with van der Waals surface area (Å²) in [7, 11) is 0. The molecular weight excluding hydrogens is 256 g/mol. The van der Waals surface area contributed by atoms with Gasteiger partial charge in [-0.1, -0.05) is 0 Å². The van der Waals surface area contributed by atoms with Crippen molar-refractivity contribution in [2.75, 3.05) is 0 Å². The minimum absolute atomic E-state index is 0.109. The van der Waals surface area contributed by atoms with Crippen molar-refractivity contribution >= 4 is 11.8 Å². The van der Waals surface area contributed by atoms with E-state index >= 15 is 0 Å². The predicted molar refractivity (Wildman–Crippen MR) is 77.7 cm³/mol. The lowest BCUT2D eigenvalue weighted by atomic mass is 10.1. The van der Waals surface area contributed by atoms with Crippen LogP contribution in [0.15, 0.2) is 18.2 Å². The highest BCUT2D eigenvalue weighted by Crippen LogP contribution is 2.15. The molecule has 0 saturated heterocycles. The first-order valence-electron chi connectivity index (χ1n) is 6.52. The largest absolute Gasteiger partial charge is 0.508 e. The highest BCUT2D eigenvalue weighted by atomic mass is 16.3. The lowest BCUT2D eigenvalue weighted by Crippen LogP contribution is -2.50.